The molecule has 3 saturated carbocycles. The smallest absolute Gasteiger partial charge is 0.155 e. The lowest BCUT2D eigenvalue weighted by Gasteiger charge is -2.58. The Kier molecular flexibility index (Phi) is 4.14. The van der Waals surface area contributed by atoms with Gasteiger partial charge in [-0.3, -0.25) is 4.79 Å². The Labute approximate surface area is 143 Å². The number of carbonyl (C=O) groups is 1. The van der Waals surface area contributed by atoms with E-state index >= 15 is 0 Å². The number of alkyl halides is 1. The molecule has 128 valence electrons. The van der Waals surface area contributed by atoms with Gasteiger partial charge >= 0.3 is 0 Å². The molecule has 23 heavy (non-hydrogen) atoms. The van der Waals surface area contributed by atoms with Crippen LogP contribution in [0.3, 0.4) is 0 Å². The fraction of sp³-hybridized carbons (Fsp3) is 0.850. The Bertz CT molecular complexity index is 530. The number of hydrogen-bond acceptors (Lipinski definition) is 2. The van der Waals surface area contributed by atoms with Crippen LogP contribution in [0.2, 0.25) is 0 Å². The summed E-state index contributed by atoms with van der Waals surface area (Å²) in [5, 5.41) is 0. The Morgan fingerprint density at radius 1 is 1.17 bits per heavy atom. The first kappa shape index (κ1) is 16.2. The SMILES string of the molecule is C[C@]12CCC(=O)C=C1CC[C@H]1[C@@H]3CCC[C@@]3(CSCF)CC[C@@H]12. The summed E-state index contributed by atoms with van der Waals surface area (Å²) in [6, 6.07) is -0.227. The first-order valence-corrected chi connectivity index (χ1v) is 10.6. The lowest BCUT2D eigenvalue weighted by Crippen LogP contribution is -2.50. The molecule has 3 heteroatoms. The van der Waals surface area contributed by atoms with Crippen LogP contribution in [-0.4, -0.2) is 17.5 Å². The van der Waals surface area contributed by atoms with Crippen LogP contribution in [0.5, 0.6) is 0 Å². The number of allylic oxidation sites excluding steroid dienone is 1. The number of hydrogen-bond donors (Lipinski definition) is 0. The van der Waals surface area contributed by atoms with E-state index < -0.39 is 0 Å². The number of carbonyl (C=O) groups excluding carboxylic acids is 1. The van der Waals surface area contributed by atoms with Crippen molar-refractivity contribution in [3.8, 4) is 0 Å². The molecule has 0 spiro atoms. The molecule has 0 unspecified atom stereocenters. The third-order valence-electron chi connectivity index (χ3n) is 7.95. The van der Waals surface area contributed by atoms with Gasteiger partial charge in [-0.05, 0) is 79.6 Å². The van der Waals surface area contributed by atoms with Crippen LogP contribution >= 0.6 is 11.8 Å². The molecule has 0 aliphatic heterocycles. The van der Waals surface area contributed by atoms with Crippen molar-refractivity contribution in [1.82, 2.24) is 0 Å². The molecule has 0 aromatic carbocycles. The van der Waals surface area contributed by atoms with E-state index in [4.69, 9.17) is 0 Å². The second-order valence-corrected chi connectivity index (χ2v) is 9.63. The fourth-order valence-electron chi connectivity index (χ4n) is 6.85. The topological polar surface area (TPSA) is 17.1 Å². The Morgan fingerprint density at radius 3 is 2.87 bits per heavy atom. The van der Waals surface area contributed by atoms with Crippen molar-refractivity contribution < 1.29 is 9.18 Å². The molecule has 1 nitrogen and oxygen atoms in total. The zero-order chi connectivity index (χ0) is 16.1. The summed E-state index contributed by atoms with van der Waals surface area (Å²) in [6.45, 7) is 2.44. The maximum absolute atomic E-state index is 12.8. The van der Waals surface area contributed by atoms with Gasteiger partial charge in [0.05, 0.1) is 0 Å². The van der Waals surface area contributed by atoms with Crippen molar-refractivity contribution in [2.75, 3.05) is 11.8 Å². The predicted octanol–water partition coefficient (Wildman–Crippen LogP) is 5.55. The summed E-state index contributed by atoms with van der Waals surface area (Å²) in [5.41, 5.74) is 2.16. The maximum atomic E-state index is 12.8. The third kappa shape index (κ3) is 2.44. The van der Waals surface area contributed by atoms with Crippen LogP contribution in [-0.2, 0) is 4.79 Å². The van der Waals surface area contributed by atoms with Gasteiger partial charge in [0.2, 0.25) is 0 Å². The quantitative estimate of drug-likeness (QED) is 0.672. The zero-order valence-corrected chi connectivity index (χ0v) is 15.1. The number of ketones is 1. The molecule has 0 heterocycles. The van der Waals surface area contributed by atoms with E-state index in [9.17, 15) is 9.18 Å². The molecule has 0 N–H and O–H groups in total. The normalized spacial score (nSPS) is 45.9. The van der Waals surface area contributed by atoms with Crippen molar-refractivity contribution in [1.29, 1.82) is 0 Å². The van der Waals surface area contributed by atoms with Crippen LogP contribution in [0.4, 0.5) is 4.39 Å². The number of rotatable bonds is 3. The molecule has 0 amide bonds. The zero-order valence-electron chi connectivity index (χ0n) is 14.3. The van der Waals surface area contributed by atoms with Crippen molar-refractivity contribution in [2.45, 2.75) is 64.7 Å². The van der Waals surface area contributed by atoms with E-state index in [1.165, 1.54) is 55.9 Å². The van der Waals surface area contributed by atoms with Crippen LogP contribution in [0.25, 0.3) is 0 Å². The van der Waals surface area contributed by atoms with Gasteiger partial charge in [-0.15, -0.1) is 11.8 Å². The molecule has 5 atom stereocenters. The van der Waals surface area contributed by atoms with Gasteiger partial charge in [-0.25, -0.2) is 4.39 Å². The Balaban J connectivity index is 1.62. The molecule has 4 aliphatic carbocycles. The van der Waals surface area contributed by atoms with E-state index in [1.807, 2.05) is 6.08 Å². The van der Waals surface area contributed by atoms with Crippen LogP contribution in [0, 0.1) is 28.6 Å². The van der Waals surface area contributed by atoms with E-state index in [0.29, 0.717) is 11.2 Å². The average molecular weight is 337 g/mol. The number of fused-ring (bicyclic) bond motifs is 5. The summed E-state index contributed by atoms with van der Waals surface area (Å²) < 4.78 is 12.8. The van der Waals surface area contributed by atoms with Crippen molar-refractivity contribution in [3.05, 3.63) is 11.6 Å². The summed E-state index contributed by atoms with van der Waals surface area (Å²) in [4.78, 5) is 11.9. The maximum Gasteiger partial charge on any atom is 0.155 e. The summed E-state index contributed by atoms with van der Waals surface area (Å²) >= 11 is 1.52. The first-order chi connectivity index (χ1) is 11.1. The highest BCUT2D eigenvalue weighted by atomic mass is 32.2. The second kappa shape index (κ2) is 5.89. The standard InChI is InChI=1S/C20H29FOS/c1-19-9-6-15(22)11-14(19)4-5-16-17(19)7-10-20(12-23-13-21)8-2-3-18(16)20/h11,16-18H,2-10,12-13H2,1H3/t16-,17+,18+,19+,20+/m1/s1. The first-order valence-electron chi connectivity index (χ1n) is 9.47. The molecule has 0 aromatic heterocycles. The summed E-state index contributed by atoms with van der Waals surface area (Å²) in [7, 11) is 0. The fourth-order valence-corrected chi connectivity index (χ4v) is 7.83. The van der Waals surface area contributed by atoms with Crippen LogP contribution in [0.1, 0.15) is 64.7 Å². The molecule has 4 rings (SSSR count). The van der Waals surface area contributed by atoms with Gasteiger partial charge < -0.3 is 0 Å². The van der Waals surface area contributed by atoms with Crippen molar-refractivity contribution in [3.63, 3.8) is 0 Å². The van der Waals surface area contributed by atoms with Gasteiger partial charge in [0.25, 0.3) is 0 Å². The van der Waals surface area contributed by atoms with Crippen LogP contribution in [0.15, 0.2) is 11.6 Å². The number of halogens is 1. The molecular weight excluding hydrogens is 307 g/mol. The number of thioether (sulfide) groups is 1. The molecule has 0 radical (unpaired) electrons. The summed E-state index contributed by atoms with van der Waals surface area (Å²) in [5.74, 6) is 3.79. The molecule has 3 fully saturated rings. The highest BCUT2D eigenvalue weighted by Crippen LogP contribution is 2.65. The molecular formula is C20H29FOS. The lowest BCUT2D eigenvalue weighted by molar-refractivity contribution is -0.117. The third-order valence-corrected chi connectivity index (χ3v) is 8.89. The molecule has 0 bridgehead atoms. The van der Waals surface area contributed by atoms with Gasteiger partial charge in [0.1, 0.15) is 6.01 Å². The second-order valence-electron chi connectivity index (χ2n) is 8.72. The lowest BCUT2D eigenvalue weighted by atomic mass is 9.47. The van der Waals surface area contributed by atoms with Crippen molar-refractivity contribution >= 4 is 17.5 Å². The van der Waals surface area contributed by atoms with Gasteiger partial charge in [-0.1, -0.05) is 18.9 Å². The van der Waals surface area contributed by atoms with E-state index in [1.54, 1.807) is 0 Å². The monoisotopic (exact) mass is 336 g/mol. The minimum absolute atomic E-state index is 0.227. The molecule has 0 aromatic rings. The Hall–Kier alpha value is -0.310. The highest BCUT2D eigenvalue weighted by Gasteiger charge is 2.57. The minimum Gasteiger partial charge on any atom is -0.295 e. The largest absolute Gasteiger partial charge is 0.295 e. The van der Waals surface area contributed by atoms with Gasteiger partial charge in [-0.2, -0.15) is 0 Å². The summed E-state index contributed by atoms with van der Waals surface area (Å²) in [6.07, 6.45) is 12.8. The minimum atomic E-state index is -0.227. The van der Waals surface area contributed by atoms with Gasteiger partial charge in [0, 0.05) is 12.2 Å². The average Bonchev–Trinajstić information content (AvgIpc) is 2.98. The predicted molar refractivity (Wildman–Crippen MR) is 94.1 cm³/mol. The van der Waals surface area contributed by atoms with E-state index in [2.05, 4.69) is 6.92 Å². The van der Waals surface area contributed by atoms with Crippen molar-refractivity contribution in [2.24, 2.45) is 28.6 Å². The van der Waals surface area contributed by atoms with Crippen LogP contribution < -0.4 is 0 Å². The van der Waals surface area contributed by atoms with E-state index in [0.717, 1.165) is 42.8 Å². The molecule has 4 aliphatic rings. The highest BCUT2D eigenvalue weighted by molar-refractivity contribution is 7.99. The Morgan fingerprint density at radius 2 is 2.04 bits per heavy atom. The van der Waals surface area contributed by atoms with E-state index in [-0.39, 0.29) is 11.4 Å². The molecule has 0 saturated heterocycles. The van der Waals surface area contributed by atoms with Gasteiger partial charge in [0.15, 0.2) is 5.78 Å².